The van der Waals surface area contributed by atoms with E-state index in [1.807, 2.05) is 12.1 Å². The number of halogens is 3. The van der Waals surface area contributed by atoms with Gasteiger partial charge >= 0.3 is 6.18 Å². The molecule has 0 fully saturated rings. The van der Waals surface area contributed by atoms with Crippen molar-refractivity contribution in [2.24, 2.45) is 0 Å². The fourth-order valence-corrected chi connectivity index (χ4v) is 2.07. The summed E-state index contributed by atoms with van der Waals surface area (Å²) in [4.78, 5) is 0. The first kappa shape index (κ1) is 15.4. The van der Waals surface area contributed by atoms with Crippen molar-refractivity contribution in [3.05, 3.63) is 65.2 Å². The molecule has 0 bridgehead atoms. The van der Waals surface area contributed by atoms with Crippen LogP contribution in [0, 0.1) is 0 Å². The Bertz CT molecular complexity index is 579. The summed E-state index contributed by atoms with van der Waals surface area (Å²) in [6.45, 7) is 0.181. The van der Waals surface area contributed by atoms with E-state index in [4.69, 9.17) is 5.11 Å². The standard InChI is InChI=1S/C16H16F3NO/c17-16(18,19)15-4-2-1-3-13(15)11-20-14-7-5-12(6-8-14)9-10-21/h1-8,20-21H,9-11H2. The van der Waals surface area contributed by atoms with E-state index in [1.165, 1.54) is 12.1 Å². The number of aliphatic hydroxyl groups excluding tert-OH is 1. The van der Waals surface area contributed by atoms with Crippen LogP contribution in [0.5, 0.6) is 0 Å². The topological polar surface area (TPSA) is 32.3 Å². The molecule has 2 rings (SSSR count). The molecule has 0 aliphatic carbocycles. The average molecular weight is 295 g/mol. The zero-order valence-electron chi connectivity index (χ0n) is 11.3. The van der Waals surface area contributed by atoms with Crippen LogP contribution in [0.2, 0.25) is 0 Å². The van der Waals surface area contributed by atoms with Gasteiger partial charge in [0.25, 0.3) is 0 Å². The highest BCUT2D eigenvalue weighted by molar-refractivity contribution is 5.46. The minimum atomic E-state index is -4.34. The molecule has 0 aliphatic rings. The normalized spacial score (nSPS) is 11.4. The van der Waals surface area contributed by atoms with Crippen LogP contribution in [-0.2, 0) is 19.1 Å². The molecular weight excluding hydrogens is 279 g/mol. The van der Waals surface area contributed by atoms with Gasteiger partial charge in [-0.2, -0.15) is 13.2 Å². The third-order valence-electron chi connectivity index (χ3n) is 3.16. The van der Waals surface area contributed by atoms with E-state index < -0.39 is 11.7 Å². The lowest BCUT2D eigenvalue weighted by atomic mass is 10.1. The monoisotopic (exact) mass is 295 g/mol. The van der Waals surface area contributed by atoms with Crippen LogP contribution in [0.25, 0.3) is 0 Å². The Hall–Kier alpha value is -2.01. The van der Waals surface area contributed by atoms with Gasteiger partial charge in [-0.15, -0.1) is 0 Å². The van der Waals surface area contributed by atoms with Crippen molar-refractivity contribution in [3.8, 4) is 0 Å². The van der Waals surface area contributed by atoms with Crippen molar-refractivity contribution in [1.29, 1.82) is 0 Å². The van der Waals surface area contributed by atoms with Gasteiger partial charge in [0, 0.05) is 18.8 Å². The van der Waals surface area contributed by atoms with Crippen molar-refractivity contribution < 1.29 is 18.3 Å². The largest absolute Gasteiger partial charge is 0.416 e. The summed E-state index contributed by atoms with van der Waals surface area (Å²) in [5.41, 5.74) is 1.33. The molecule has 0 radical (unpaired) electrons. The van der Waals surface area contributed by atoms with Crippen molar-refractivity contribution in [3.63, 3.8) is 0 Å². The van der Waals surface area contributed by atoms with E-state index in [9.17, 15) is 13.2 Å². The molecule has 0 aromatic heterocycles. The second kappa shape index (κ2) is 6.63. The summed E-state index contributed by atoms with van der Waals surface area (Å²) in [6.07, 6.45) is -3.78. The van der Waals surface area contributed by atoms with Gasteiger partial charge in [0.1, 0.15) is 0 Å². The molecule has 0 heterocycles. The van der Waals surface area contributed by atoms with Gasteiger partial charge in [-0.05, 0) is 35.7 Å². The Morgan fingerprint density at radius 1 is 0.952 bits per heavy atom. The van der Waals surface area contributed by atoms with Gasteiger partial charge in [-0.1, -0.05) is 30.3 Å². The second-order valence-electron chi connectivity index (χ2n) is 4.68. The lowest BCUT2D eigenvalue weighted by molar-refractivity contribution is -0.138. The van der Waals surface area contributed by atoms with Crippen LogP contribution in [0.4, 0.5) is 18.9 Å². The maximum atomic E-state index is 12.9. The van der Waals surface area contributed by atoms with E-state index in [0.717, 1.165) is 17.3 Å². The highest BCUT2D eigenvalue weighted by Crippen LogP contribution is 2.32. The third kappa shape index (κ3) is 4.23. The van der Waals surface area contributed by atoms with Crippen LogP contribution in [0.15, 0.2) is 48.5 Å². The molecule has 2 nitrogen and oxygen atoms in total. The molecule has 0 amide bonds. The van der Waals surface area contributed by atoms with Crippen molar-refractivity contribution in [2.75, 3.05) is 11.9 Å². The number of aliphatic hydroxyl groups is 1. The van der Waals surface area contributed by atoms with Gasteiger partial charge in [0.2, 0.25) is 0 Å². The van der Waals surface area contributed by atoms with E-state index in [2.05, 4.69) is 5.32 Å². The summed E-state index contributed by atoms with van der Waals surface area (Å²) in [7, 11) is 0. The molecule has 21 heavy (non-hydrogen) atoms. The Labute approximate surface area is 121 Å². The quantitative estimate of drug-likeness (QED) is 0.878. The summed E-state index contributed by atoms with van der Waals surface area (Å²) in [5, 5.41) is 11.8. The number of rotatable bonds is 5. The highest BCUT2D eigenvalue weighted by Gasteiger charge is 2.32. The minimum absolute atomic E-state index is 0.0751. The molecule has 2 aromatic carbocycles. The number of hydrogen-bond acceptors (Lipinski definition) is 2. The fourth-order valence-electron chi connectivity index (χ4n) is 2.07. The fraction of sp³-hybridized carbons (Fsp3) is 0.250. The maximum Gasteiger partial charge on any atom is 0.416 e. The van der Waals surface area contributed by atoms with E-state index in [-0.39, 0.29) is 18.7 Å². The average Bonchev–Trinajstić information content (AvgIpc) is 2.46. The predicted molar refractivity (Wildman–Crippen MR) is 76.0 cm³/mol. The molecule has 2 N–H and O–H groups in total. The SMILES string of the molecule is OCCc1ccc(NCc2ccccc2C(F)(F)F)cc1. The molecule has 0 atom stereocenters. The van der Waals surface area contributed by atoms with E-state index in [1.54, 1.807) is 18.2 Å². The van der Waals surface area contributed by atoms with E-state index in [0.29, 0.717) is 6.42 Å². The molecule has 0 saturated heterocycles. The van der Waals surface area contributed by atoms with Gasteiger partial charge < -0.3 is 10.4 Å². The Kier molecular flexibility index (Phi) is 4.85. The zero-order valence-corrected chi connectivity index (χ0v) is 11.3. The number of anilines is 1. The van der Waals surface area contributed by atoms with Crippen LogP contribution in [-0.4, -0.2) is 11.7 Å². The van der Waals surface area contributed by atoms with Gasteiger partial charge in [0.05, 0.1) is 5.56 Å². The van der Waals surface area contributed by atoms with Crippen LogP contribution < -0.4 is 5.32 Å². The highest BCUT2D eigenvalue weighted by atomic mass is 19.4. The molecule has 112 valence electrons. The summed E-state index contributed by atoms with van der Waals surface area (Å²) < 4.78 is 38.6. The second-order valence-corrected chi connectivity index (χ2v) is 4.68. The summed E-state index contributed by atoms with van der Waals surface area (Å²) in [5.74, 6) is 0. The van der Waals surface area contributed by atoms with Gasteiger partial charge in [-0.3, -0.25) is 0 Å². The Morgan fingerprint density at radius 2 is 1.62 bits per heavy atom. The molecule has 0 saturated carbocycles. The van der Waals surface area contributed by atoms with Gasteiger partial charge in [0.15, 0.2) is 0 Å². The molecule has 5 heteroatoms. The Morgan fingerprint density at radius 3 is 2.24 bits per heavy atom. The molecular formula is C16H16F3NO. The van der Waals surface area contributed by atoms with E-state index >= 15 is 0 Å². The lowest BCUT2D eigenvalue weighted by Crippen LogP contribution is -2.11. The number of nitrogens with one attached hydrogen (secondary N) is 1. The summed E-state index contributed by atoms with van der Waals surface area (Å²) >= 11 is 0. The first-order chi connectivity index (χ1) is 10.0. The Balaban J connectivity index is 2.06. The maximum absolute atomic E-state index is 12.9. The minimum Gasteiger partial charge on any atom is -0.396 e. The first-order valence-corrected chi connectivity index (χ1v) is 6.59. The van der Waals surface area contributed by atoms with Crippen molar-refractivity contribution in [2.45, 2.75) is 19.1 Å². The molecule has 0 unspecified atom stereocenters. The van der Waals surface area contributed by atoms with Gasteiger partial charge in [-0.25, -0.2) is 0 Å². The summed E-state index contributed by atoms with van der Waals surface area (Å²) in [6, 6.07) is 12.8. The number of alkyl halides is 3. The number of hydrogen-bond donors (Lipinski definition) is 2. The predicted octanol–water partition coefficient (Wildman–Crippen LogP) is 3.85. The van der Waals surface area contributed by atoms with Crippen LogP contribution in [0.1, 0.15) is 16.7 Å². The zero-order chi connectivity index (χ0) is 15.3. The lowest BCUT2D eigenvalue weighted by Gasteiger charge is -2.14. The molecule has 2 aromatic rings. The molecule has 0 aliphatic heterocycles. The molecule has 0 spiro atoms. The van der Waals surface area contributed by atoms with Crippen LogP contribution >= 0.6 is 0 Å². The first-order valence-electron chi connectivity index (χ1n) is 6.59. The third-order valence-corrected chi connectivity index (χ3v) is 3.16. The number of benzene rings is 2. The van der Waals surface area contributed by atoms with Crippen LogP contribution in [0.3, 0.4) is 0 Å². The van der Waals surface area contributed by atoms with Crippen molar-refractivity contribution >= 4 is 5.69 Å². The smallest absolute Gasteiger partial charge is 0.396 e. The van der Waals surface area contributed by atoms with Crippen molar-refractivity contribution in [1.82, 2.24) is 0 Å².